The normalized spacial score (nSPS) is 11.7. The fourth-order valence-electron chi connectivity index (χ4n) is 2.46. The van der Waals surface area contributed by atoms with E-state index >= 15 is 0 Å². The number of para-hydroxylation sites is 1. The van der Waals surface area contributed by atoms with E-state index in [9.17, 15) is 0 Å². The first-order chi connectivity index (χ1) is 11.6. The first kappa shape index (κ1) is 20.3. The van der Waals surface area contributed by atoms with Crippen LogP contribution in [0.4, 0.5) is 0 Å². The number of benzene rings is 1. The molecule has 1 aromatic rings. The van der Waals surface area contributed by atoms with Gasteiger partial charge < -0.3 is 24.6 Å². The summed E-state index contributed by atoms with van der Waals surface area (Å²) in [5, 5.41) is 3.42. The predicted molar refractivity (Wildman–Crippen MR) is 99.8 cm³/mol. The summed E-state index contributed by atoms with van der Waals surface area (Å²) in [5.41, 5.74) is 1.14. The minimum absolute atomic E-state index is 0.747. The Labute approximate surface area is 146 Å². The van der Waals surface area contributed by atoms with Crippen molar-refractivity contribution in [3.05, 3.63) is 29.8 Å². The molecule has 1 N–H and O–H groups in total. The van der Waals surface area contributed by atoms with Crippen LogP contribution in [-0.4, -0.2) is 77.4 Å². The Bertz CT molecular complexity index is 494. The van der Waals surface area contributed by atoms with E-state index in [0.717, 1.165) is 56.5 Å². The first-order valence-electron chi connectivity index (χ1n) is 8.33. The van der Waals surface area contributed by atoms with Crippen LogP contribution in [0.2, 0.25) is 0 Å². The third-order valence-corrected chi connectivity index (χ3v) is 3.85. The second kappa shape index (κ2) is 11.7. The summed E-state index contributed by atoms with van der Waals surface area (Å²) in [6, 6.07) is 8.07. The Balaban J connectivity index is 2.40. The molecule has 0 fully saturated rings. The maximum Gasteiger partial charge on any atom is 0.193 e. The molecule has 0 aliphatic carbocycles. The molecule has 1 rings (SSSR count). The van der Waals surface area contributed by atoms with Gasteiger partial charge in [0.1, 0.15) is 5.75 Å². The number of hydrogen-bond donors (Lipinski definition) is 1. The third kappa shape index (κ3) is 7.19. The molecule has 1 aromatic carbocycles. The van der Waals surface area contributed by atoms with Gasteiger partial charge in [-0.1, -0.05) is 18.2 Å². The van der Waals surface area contributed by atoms with Crippen LogP contribution in [0.1, 0.15) is 12.0 Å². The lowest BCUT2D eigenvalue weighted by atomic mass is 10.2. The van der Waals surface area contributed by atoms with Gasteiger partial charge in [0, 0.05) is 46.4 Å². The van der Waals surface area contributed by atoms with Crippen LogP contribution in [0.15, 0.2) is 29.3 Å². The van der Waals surface area contributed by atoms with Crippen molar-refractivity contribution in [2.75, 3.05) is 61.6 Å². The van der Waals surface area contributed by atoms with Gasteiger partial charge in [-0.2, -0.15) is 0 Å². The molecule has 6 nitrogen and oxygen atoms in total. The van der Waals surface area contributed by atoms with E-state index in [1.54, 1.807) is 14.2 Å². The van der Waals surface area contributed by atoms with Crippen molar-refractivity contribution in [3.8, 4) is 5.75 Å². The van der Waals surface area contributed by atoms with Crippen LogP contribution < -0.4 is 10.1 Å². The molecule has 0 spiro atoms. The average Bonchev–Trinajstić information content (AvgIpc) is 2.60. The van der Waals surface area contributed by atoms with Crippen molar-refractivity contribution in [1.82, 2.24) is 15.1 Å². The van der Waals surface area contributed by atoms with E-state index in [1.807, 2.05) is 32.3 Å². The van der Waals surface area contributed by atoms with Crippen molar-refractivity contribution in [3.63, 3.8) is 0 Å². The van der Waals surface area contributed by atoms with Gasteiger partial charge in [0.25, 0.3) is 0 Å². The molecule has 0 saturated carbocycles. The summed E-state index contributed by atoms with van der Waals surface area (Å²) in [6.07, 6.45) is 1.06. The molecule has 0 atom stereocenters. The molecule has 0 unspecified atom stereocenters. The van der Waals surface area contributed by atoms with E-state index in [2.05, 4.69) is 33.2 Å². The first-order valence-corrected chi connectivity index (χ1v) is 8.33. The van der Waals surface area contributed by atoms with Gasteiger partial charge in [0.2, 0.25) is 0 Å². The molecule has 0 aliphatic rings. The zero-order valence-corrected chi connectivity index (χ0v) is 15.7. The molecule has 6 heteroatoms. The zero-order valence-electron chi connectivity index (χ0n) is 15.7. The standard InChI is InChI=1S/C18H32N4O2/c1-19-18(20-11-8-12-21(2)13-14-23-4)22(3)15-16-9-6-7-10-17(16)24-5/h6-7,9-10H,8,11-15H2,1-5H3,(H,19,20). The number of likely N-dealkylation sites (N-methyl/N-ethyl adjacent to an activating group) is 1. The Kier molecular flexibility index (Phi) is 9.88. The monoisotopic (exact) mass is 336 g/mol. The summed E-state index contributed by atoms with van der Waals surface area (Å²) in [7, 11) is 9.39. The summed E-state index contributed by atoms with van der Waals surface area (Å²) < 4.78 is 10.5. The lowest BCUT2D eigenvalue weighted by molar-refractivity contribution is 0.161. The van der Waals surface area contributed by atoms with Gasteiger partial charge in [0.15, 0.2) is 5.96 Å². The lowest BCUT2D eigenvalue weighted by Crippen LogP contribution is -2.39. The van der Waals surface area contributed by atoms with Crippen molar-refractivity contribution in [1.29, 1.82) is 0 Å². The van der Waals surface area contributed by atoms with Crippen LogP contribution in [0, 0.1) is 0 Å². The summed E-state index contributed by atoms with van der Waals surface area (Å²) in [4.78, 5) is 8.74. The zero-order chi connectivity index (χ0) is 17.8. The van der Waals surface area contributed by atoms with E-state index in [-0.39, 0.29) is 0 Å². The highest BCUT2D eigenvalue weighted by Crippen LogP contribution is 2.18. The fraction of sp³-hybridized carbons (Fsp3) is 0.611. The van der Waals surface area contributed by atoms with E-state index in [0.29, 0.717) is 0 Å². The Morgan fingerprint density at radius 2 is 1.92 bits per heavy atom. The maximum absolute atomic E-state index is 5.41. The largest absolute Gasteiger partial charge is 0.496 e. The Morgan fingerprint density at radius 1 is 1.17 bits per heavy atom. The second-order valence-corrected chi connectivity index (χ2v) is 5.79. The Morgan fingerprint density at radius 3 is 2.58 bits per heavy atom. The minimum Gasteiger partial charge on any atom is -0.496 e. The fourth-order valence-corrected chi connectivity index (χ4v) is 2.46. The van der Waals surface area contributed by atoms with Gasteiger partial charge >= 0.3 is 0 Å². The minimum atomic E-state index is 0.747. The quantitative estimate of drug-likeness (QED) is 0.400. The molecule has 0 amide bonds. The average molecular weight is 336 g/mol. The molecule has 0 saturated heterocycles. The number of rotatable bonds is 10. The van der Waals surface area contributed by atoms with Gasteiger partial charge in [0.05, 0.1) is 13.7 Å². The molecule has 136 valence electrons. The van der Waals surface area contributed by atoms with Gasteiger partial charge in [-0.15, -0.1) is 0 Å². The Hall–Kier alpha value is -1.79. The predicted octanol–water partition coefficient (Wildman–Crippen LogP) is 1.67. The molecule has 0 heterocycles. The van der Waals surface area contributed by atoms with Crippen molar-refractivity contribution >= 4 is 5.96 Å². The molecule has 0 bridgehead atoms. The van der Waals surface area contributed by atoms with Crippen molar-refractivity contribution < 1.29 is 9.47 Å². The molecule has 0 radical (unpaired) electrons. The lowest BCUT2D eigenvalue weighted by Gasteiger charge is -2.23. The van der Waals surface area contributed by atoms with E-state index < -0.39 is 0 Å². The van der Waals surface area contributed by atoms with Gasteiger partial charge in [-0.05, 0) is 26.1 Å². The van der Waals surface area contributed by atoms with Crippen molar-refractivity contribution in [2.45, 2.75) is 13.0 Å². The molecule has 0 aliphatic heterocycles. The highest BCUT2D eigenvalue weighted by atomic mass is 16.5. The third-order valence-electron chi connectivity index (χ3n) is 3.85. The SMILES string of the molecule is CN=C(NCCCN(C)CCOC)N(C)Cc1ccccc1OC. The number of hydrogen-bond acceptors (Lipinski definition) is 4. The molecular weight excluding hydrogens is 304 g/mol. The maximum atomic E-state index is 5.41. The molecule has 24 heavy (non-hydrogen) atoms. The van der Waals surface area contributed by atoms with E-state index in [4.69, 9.17) is 9.47 Å². The van der Waals surface area contributed by atoms with Crippen LogP contribution in [-0.2, 0) is 11.3 Å². The number of nitrogens with one attached hydrogen (secondary N) is 1. The number of guanidine groups is 1. The summed E-state index contributed by atoms with van der Waals surface area (Å²) in [6.45, 7) is 4.40. The smallest absolute Gasteiger partial charge is 0.193 e. The summed E-state index contributed by atoms with van der Waals surface area (Å²) >= 11 is 0. The van der Waals surface area contributed by atoms with Crippen LogP contribution in [0.3, 0.4) is 0 Å². The number of ether oxygens (including phenoxy) is 2. The molecule has 0 aromatic heterocycles. The van der Waals surface area contributed by atoms with E-state index in [1.165, 1.54) is 0 Å². The molecular formula is C18H32N4O2. The van der Waals surface area contributed by atoms with Crippen LogP contribution >= 0.6 is 0 Å². The van der Waals surface area contributed by atoms with Crippen molar-refractivity contribution in [2.24, 2.45) is 4.99 Å². The number of nitrogens with zero attached hydrogens (tertiary/aromatic N) is 3. The van der Waals surface area contributed by atoms with Gasteiger partial charge in [-0.3, -0.25) is 4.99 Å². The van der Waals surface area contributed by atoms with Gasteiger partial charge in [-0.25, -0.2) is 0 Å². The second-order valence-electron chi connectivity index (χ2n) is 5.79. The van der Waals surface area contributed by atoms with Crippen LogP contribution in [0.25, 0.3) is 0 Å². The highest BCUT2D eigenvalue weighted by molar-refractivity contribution is 5.79. The number of aliphatic imine (C=N–C) groups is 1. The number of methoxy groups -OCH3 is 2. The van der Waals surface area contributed by atoms with Crippen LogP contribution in [0.5, 0.6) is 5.75 Å². The summed E-state index contributed by atoms with van der Waals surface area (Å²) in [5.74, 6) is 1.79. The highest BCUT2D eigenvalue weighted by Gasteiger charge is 2.09. The topological polar surface area (TPSA) is 49.3 Å².